The molecule has 11 heteroatoms. The van der Waals surface area contributed by atoms with Crippen molar-refractivity contribution >= 4 is 33.4 Å². The fourth-order valence-electron chi connectivity index (χ4n) is 2.07. The van der Waals surface area contributed by atoms with Crippen molar-refractivity contribution in [2.24, 2.45) is 5.10 Å². The quantitative estimate of drug-likeness (QED) is 0.495. The molecule has 0 saturated heterocycles. The minimum atomic E-state index is -0.515. The van der Waals surface area contributed by atoms with Crippen LogP contribution in [0.25, 0.3) is 5.82 Å². The Balaban J connectivity index is 1.86. The van der Waals surface area contributed by atoms with Crippen molar-refractivity contribution < 1.29 is 9.42 Å². The van der Waals surface area contributed by atoms with Crippen LogP contribution in [-0.4, -0.2) is 36.9 Å². The summed E-state index contributed by atoms with van der Waals surface area (Å²) in [6.45, 7) is 3.41. The number of amides is 1. The summed E-state index contributed by atoms with van der Waals surface area (Å²) in [5.74, 6) is -0.439. The van der Waals surface area contributed by atoms with Crippen LogP contribution in [0.4, 0.5) is 5.82 Å². The zero-order valence-electron chi connectivity index (χ0n) is 13.3. The summed E-state index contributed by atoms with van der Waals surface area (Å²) in [4.78, 5) is 12.5. The van der Waals surface area contributed by atoms with Crippen LogP contribution < -0.4 is 11.2 Å². The molecule has 2 aromatic heterocycles. The van der Waals surface area contributed by atoms with Crippen molar-refractivity contribution in [3.05, 3.63) is 45.7 Å². The summed E-state index contributed by atoms with van der Waals surface area (Å²) in [6, 6.07) is 7.56. The van der Waals surface area contributed by atoms with Gasteiger partial charge in [-0.3, -0.25) is 4.79 Å². The molecule has 0 aliphatic carbocycles. The molecule has 10 nitrogen and oxygen atoms in total. The average molecular weight is 405 g/mol. The smallest absolute Gasteiger partial charge is 0.292 e. The second kappa shape index (κ2) is 6.81. The van der Waals surface area contributed by atoms with Gasteiger partial charge in [-0.25, -0.2) is 10.1 Å². The van der Waals surface area contributed by atoms with Gasteiger partial charge in [-0.05, 0) is 41.9 Å². The highest BCUT2D eigenvalue weighted by molar-refractivity contribution is 9.10. The Hall–Kier alpha value is -3.08. The highest BCUT2D eigenvalue weighted by Gasteiger charge is 2.22. The Morgan fingerprint density at radius 2 is 2.20 bits per heavy atom. The molecule has 0 unspecified atom stereocenters. The highest BCUT2D eigenvalue weighted by atomic mass is 79.9. The first kappa shape index (κ1) is 16.8. The van der Waals surface area contributed by atoms with E-state index in [0.29, 0.717) is 11.4 Å². The van der Waals surface area contributed by atoms with Gasteiger partial charge in [0.05, 0.1) is 11.4 Å². The monoisotopic (exact) mass is 404 g/mol. The molecule has 0 saturated carbocycles. The van der Waals surface area contributed by atoms with E-state index in [-0.39, 0.29) is 17.3 Å². The normalized spacial score (nSPS) is 11.6. The second-order valence-corrected chi connectivity index (χ2v) is 5.97. The Bertz CT molecular complexity index is 961. The Morgan fingerprint density at radius 3 is 2.88 bits per heavy atom. The Morgan fingerprint density at radius 1 is 1.40 bits per heavy atom. The molecule has 3 aromatic rings. The van der Waals surface area contributed by atoms with Gasteiger partial charge in [-0.1, -0.05) is 33.3 Å². The number of benzene rings is 1. The number of aryl methyl sites for hydroxylation is 1. The Kier molecular flexibility index (Phi) is 4.57. The molecule has 0 bridgehead atoms. The molecule has 0 aliphatic rings. The van der Waals surface area contributed by atoms with Crippen LogP contribution in [0, 0.1) is 6.92 Å². The van der Waals surface area contributed by atoms with E-state index in [2.05, 4.69) is 51.7 Å². The number of nitrogens with two attached hydrogens (primary N) is 1. The lowest BCUT2D eigenvalue weighted by atomic mass is 10.1. The topological polar surface area (TPSA) is 137 Å². The lowest BCUT2D eigenvalue weighted by Crippen LogP contribution is -2.24. The summed E-state index contributed by atoms with van der Waals surface area (Å²) >= 11 is 3.39. The SMILES string of the molecule is CC(=NNC(=O)c1c(C)nnn1-c1nonc1N)c1cccc(Br)c1. The van der Waals surface area contributed by atoms with E-state index in [4.69, 9.17) is 5.73 Å². The van der Waals surface area contributed by atoms with Crippen LogP contribution in [0.5, 0.6) is 0 Å². The van der Waals surface area contributed by atoms with E-state index in [9.17, 15) is 4.79 Å². The van der Waals surface area contributed by atoms with Crippen LogP contribution >= 0.6 is 15.9 Å². The lowest BCUT2D eigenvalue weighted by Gasteiger charge is -2.05. The first-order valence-electron chi connectivity index (χ1n) is 7.08. The van der Waals surface area contributed by atoms with Crippen LogP contribution in [-0.2, 0) is 0 Å². The number of nitrogens with zero attached hydrogens (tertiary/aromatic N) is 6. The van der Waals surface area contributed by atoms with Crippen molar-refractivity contribution in [1.82, 2.24) is 30.7 Å². The fourth-order valence-corrected chi connectivity index (χ4v) is 2.47. The van der Waals surface area contributed by atoms with E-state index in [1.807, 2.05) is 24.3 Å². The molecule has 3 rings (SSSR count). The first-order valence-corrected chi connectivity index (χ1v) is 7.88. The number of rotatable bonds is 4. The highest BCUT2D eigenvalue weighted by Crippen LogP contribution is 2.15. The van der Waals surface area contributed by atoms with Crippen LogP contribution in [0.2, 0.25) is 0 Å². The maximum Gasteiger partial charge on any atom is 0.292 e. The number of nitrogen functional groups attached to an aromatic ring is 1. The van der Waals surface area contributed by atoms with Crippen molar-refractivity contribution in [3.8, 4) is 5.82 Å². The van der Waals surface area contributed by atoms with Gasteiger partial charge in [0.1, 0.15) is 0 Å². The summed E-state index contributed by atoms with van der Waals surface area (Å²) < 4.78 is 6.60. The number of carbonyl (C=O) groups is 1. The summed E-state index contributed by atoms with van der Waals surface area (Å²) in [5, 5.41) is 18.9. The molecule has 1 aromatic carbocycles. The summed E-state index contributed by atoms with van der Waals surface area (Å²) in [6.07, 6.45) is 0. The van der Waals surface area contributed by atoms with E-state index < -0.39 is 5.91 Å². The van der Waals surface area contributed by atoms with E-state index in [0.717, 1.165) is 14.7 Å². The molecule has 0 atom stereocenters. The van der Waals surface area contributed by atoms with Gasteiger partial charge in [0.25, 0.3) is 5.91 Å². The number of hydrazone groups is 1. The maximum absolute atomic E-state index is 12.5. The molecule has 128 valence electrons. The molecule has 2 heterocycles. The predicted octanol–water partition coefficient (Wildman–Crippen LogP) is 1.46. The van der Waals surface area contributed by atoms with Gasteiger partial charge < -0.3 is 5.73 Å². The number of nitrogens with one attached hydrogen (secondary N) is 1. The number of hydrogen-bond donors (Lipinski definition) is 2. The van der Waals surface area contributed by atoms with Crippen molar-refractivity contribution in [2.45, 2.75) is 13.8 Å². The van der Waals surface area contributed by atoms with Gasteiger partial charge in [0.15, 0.2) is 5.69 Å². The predicted molar refractivity (Wildman–Crippen MR) is 92.2 cm³/mol. The van der Waals surface area contributed by atoms with Crippen LogP contribution in [0.3, 0.4) is 0 Å². The van der Waals surface area contributed by atoms with Crippen molar-refractivity contribution in [2.75, 3.05) is 5.73 Å². The third-order valence-electron chi connectivity index (χ3n) is 3.32. The zero-order valence-corrected chi connectivity index (χ0v) is 14.9. The van der Waals surface area contributed by atoms with Crippen LogP contribution in [0.15, 0.2) is 38.5 Å². The third-order valence-corrected chi connectivity index (χ3v) is 3.81. The number of carbonyl (C=O) groups excluding carboxylic acids is 1. The van der Waals surface area contributed by atoms with Gasteiger partial charge in [-0.2, -0.15) is 9.78 Å². The Labute approximate surface area is 150 Å². The molecule has 3 N–H and O–H groups in total. The zero-order chi connectivity index (χ0) is 18.0. The first-order chi connectivity index (χ1) is 12.0. The summed E-state index contributed by atoms with van der Waals surface area (Å²) in [5.41, 5.74) is 10.1. The second-order valence-electron chi connectivity index (χ2n) is 5.06. The van der Waals surface area contributed by atoms with Gasteiger partial charge in [0.2, 0.25) is 11.6 Å². The molecule has 0 spiro atoms. The van der Waals surface area contributed by atoms with Crippen molar-refractivity contribution in [3.63, 3.8) is 0 Å². The van der Waals surface area contributed by atoms with Gasteiger partial charge in [0, 0.05) is 4.47 Å². The molecule has 1 amide bonds. The molecule has 0 aliphatic heterocycles. The fraction of sp³-hybridized carbons (Fsp3) is 0.143. The van der Waals surface area contributed by atoms with E-state index in [1.54, 1.807) is 13.8 Å². The lowest BCUT2D eigenvalue weighted by molar-refractivity contribution is 0.0946. The standard InChI is InChI=1S/C14H13BrN8O2/c1-7(9-4-3-5-10(15)6-9)17-19-14(24)11-8(2)18-22-23(11)13-12(16)20-25-21-13/h3-6H,1-2H3,(H2,16,20)(H,19,24). The molecular formula is C14H13BrN8O2. The van der Waals surface area contributed by atoms with Crippen LogP contribution in [0.1, 0.15) is 28.7 Å². The largest absolute Gasteiger partial charge is 0.378 e. The number of hydrogen-bond acceptors (Lipinski definition) is 8. The molecular weight excluding hydrogens is 392 g/mol. The van der Waals surface area contributed by atoms with Gasteiger partial charge >= 0.3 is 0 Å². The molecule has 0 fully saturated rings. The third kappa shape index (κ3) is 3.40. The summed E-state index contributed by atoms with van der Waals surface area (Å²) in [7, 11) is 0. The maximum atomic E-state index is 12.5. The number of aromatic nitrogens is 5. The molecule has 25 heavy (non-hydrogen) atoms. The van der Waals surface area contributed by atoms with Crippen molar-refractivity contribution in [1.29, 1.82) is 0 Å². The minimum absolute atomic E-state index is 0.00670. The number of anilines is 1. The van der Waals surface area contributed by atoms with Gasteiger partial charge in [-0.15, -0.1) is 5.10 Å². The number of halogens is 1. The minimum Gasteiger partial charge on any atom is -0.378 e. The van der Waals surface area contributed by atoms with E-state index in [1.165, 1.54) is 0 Å². The van der Waals surface area contributed by atoms with E-state index >= 15 is 0 Å². The average Bonchev–Trinajstić information content (AvgIpc) is 3.17. The molecule has 0 radical (unpaired) electrons.